The molecule has 1 aliphatic rings. The molecule has 0 aliphatic carbocycles. The van der Waals surface area contributed by atoms with Gasteiger partial charge in [0.25, 0.3) is 0 Å². The monoisotopic (exact) mass is 538 g/mol. The second-order valence-electron chi connectivity index (χ2n) is 10.3. The van der Waals surface area contributed by atoms with Crippen molar-refractivity contribution in [3.05, 3.63) is 101 Å². The third-order valence-electron chi connectivity index (χ3n) is 7.67. The summed E-state index contributed by atoms with van der Waals surface area (Å²) in [6, 6.07) is 27.3. The standard InChI is InChI=1S/C31H39ClN2O2S/c1-33(37(35,36)31-16-6-3-7-17-31)25-29(28-14-9-15-30(32)24-28)20-23-34-21-18-27(19-22-34)13-8-12-26-10-4-2-5-11-26/h2-7,9-11,14-17,24,27,29H,8,12-13,18-23,25H2,1H3/t29-/m1/s1. The third kappa shape index (κ3) is 8.15. The van der Waals surface area contributed by atoms with E-state index < -0.39 is 10.0 Å². The molecule has 1 atom stereocenters. The van der Waals surface area contributed by atoms with E-state index in [4.69, 9.17) is 11.6 Å². The summed E-state index contributed by atoms with van der Waals surface area (Å²) in [6.07, 6.45) is 7.12. The second-order valence-corrected chi connectivity index (χ2v) is 12.8. The molecule has 0 unspecified atom stereocenters. The summed E-state index contributed by atoms with van der Waals surface area (Å²) in [5, 5.41) is 0.687. The number of piperidine rings is 1. The number of likely N-dealkylation sites (tertiary alicyclic amines) is 1. The van der Waals surface area contributed by atoms with Crippen molar-refractivity contribution in [2.45, 2.75) is 49.3 Å². The van der Waals surface area contributed by atoms with E-state index in [-0.39, 0.29) is 5.92 Å². The predicted molar refractivity (Wildman–Crippen MR) is 154 cm³/mol. The Morgan fingerprint density at radius 1 is 0.946 bits per heavy atom. The minimum atomic E-state index is -3.54. The van der Waals surface area contributed by atoms with Gasteiger partial charge in [-0.1, -0.05) is 78.7 Å². The summed E-state index contributed by atoms with van der Waals surface area (Å²) in [6.45, 7) is 3.63. The Hall–Kier alpha value is -2.18. The van der Waals surface area contributed by atoms with Gasteiger partial charge in [0, 0.05) is 18.6 Å². The molecule has 1 saturated heterocycles. The van der Waals surface area contributed by atoms with Crippen molar-refractivity contribution in [2.24, 2.45) is 5.92 Å². The molecule has 4 rings (SSSR count). The topological polar surface area (TPSA) is 40.6 Å². The van der Waals surface area contributed by atoms with Gasteiger partial charge in [0.15, 0.2) is 0 Å². The fraction of sp³-hybridized carbons (Fsp3) is 0.419. The Kier molecular flexibility index (Phi) is 10.2. The maximum atomic E-state index is 13.2. The summed E-state index contributed by atoms with van der Waals surface area (Å²) in [5.74, 6) is 0.886. The van der Waals surface area contributed by atoms with Crippen LogP contribution in [0, 0.1) is 5.92 Å². The fourth-order valence-electron chi connectivity index (χ4n) is 5.38. The molecule has 198 valence electrons. The molecule has 0 saturated carbocycles. The SMILES string of the molecule is CN(C[C@@H](CCN1CCC(CCCc2ccccc2)CC1)c1cccc(Cl)c1)S(=O)(=O)c1ccccc1. The second kappa shape index (κ2) is 13.6. The van der Waals surface area contributed by atoms with Crippen LogP contribution in [0.1, 0.15) is 49.1 Å². The maximum Gasteiger partial charge on any atom is 0.242 e. The van der Waals surface area contributed by atoms with Crippen LogP contribution in [0.2, 0.25) is 5.02 Å². The molecule has 0 bridgehead atoms. The Balaban J connectivity index is 1.31. The van der Waals surface area contributed by atoms with Gasteiger partial charge >= 0.3 is 0 Å². The molecule has 0 N–H and O–H groups in total. The predicted octanol–water partition coefficient (Wildman–Crippen LogP) is 6.87. The number of halogens is 1. The van der Waals surface area contributed by atoms with Gasteiger partial charge in [0.1, 0.15) is 0 Å². The Morgan fingerprint density at radius 2 is 1.62 bits per heavy atom. The first kappa shape index (κ1) is 27.8. The summed E-state index contributed by atoms with van der Waals surface area (Å²) < 4.78 is 27.8. The van der Waals surface area contributed by atoms with Crippen LogP contribution >= 0.6 is 11.6 Å². The van der Waals surface area contributed by atoms with E-state index in [2.05, 4.69) is 41.3 Å². The van der Waals surface area contributed by atoms with Gasteiger partial charge in [-0.3, -0.25) is 0 Å². The van der Waals surface area contributed by atoms with Crippen LogP contribution in [0.5, 0.6) is 0 Å². The average molecular weight is 539 g/mol. The highest BCUT2D eigenvalue weighted by Crippen LogP contribution is 2.28. The number of hydrogen-bond donors (Lipinski definition) is 0. The first-order chi connectivity index (χ1) is 17.9. The minimum absolute atomic E-state index is 0.0748. The quantitative estimate of drug-likeness (QED) is 0.252. The van der Waals surface area contributed by atoms with Gasteiger partial charge in [-0.05, 0) is 99.0 Å². The summed E-state index contributed by atoms with van der Waals surface area (Å²) in [7, 11) is -1.86. The van der Waals surface area contributed by atoms with Crippen molar-refractivity contribution < 1.29 is 8.42 Å². The summed E-state index contributed by atoms with van der Waals surface area (Å²) in [5.41, 5.74) is 2.53. The van der Waals surface area contributed by atoms with E-state index in [1.165, 1.54) is 42.0 Å². The molecule has 3 aromatic rings. The van der Waals surface area contributed by atoms with Crippen molar-refractivity contribution in [2.75, 3.05) is 33.2 Å². The zero-order valence-corrected chi connectivity index (χ0v) is 23.4. The van der Waals surface area contributed by atoms with Crippen molar-refractivity contribution >= 4 is 21.6 Å². The number of sulfonamides is 1. The third-order valence-corrected chi connectivity index (χ3v) is 9.74. The lowest BCUT2D eigenvalue weighted by atomic mass is 9.90. The molecule has 37 heavy (non-hydrogen) atoms. The molecule has 0 aromatic heterocycles. The van der Waals surface area contributed by atoms with E-state index in [0.717, 1.165) is 37.5 Å². The van der Waals surface area contributed by atoms with Crippen LogP contribution in [0.4, 0.5) is 0 Å². The molecule has 1 fully saturated rings. The molecule has 0 radical (unpaired) electrons. The molecule has 4 nitrogen and oxygen atoms in total. The number of hydrogen-bond acceptors (Lipinski definition) is 3. The van der Waals surface area contributed by atoms with Crippen LogP contribution in [0.25, 0.3) is 0 Å². The van der Waals surface area contributed by atoms with E-state index in [0.29, 0.717) is 16.5 Å². The number of aryl methyl sites for hydroxylation is 1. The van der Waals surface area contributed by atoms with Crippen LogP contribution in [-0.2, 0) is 16.4 Å². The van der Waals surface area contributed by atoms with Crippen molar-refractivity contribution in [1.82, 2.24) is 9.21 Å². The van der Waals surface area contributed by atoms with Crippen molar-refractivity contribution in [3.8, 4) is 0 Å². The first-order valence-electron chi connectivity index (χ1n) is 13.4. The number of nitrogens with zero attached hydrogens (tertiary/aromatic N) is 2. The molecule has 1 aliphatic heterocycles. The molecule has 6 heteroatoms. The summed E-state index contributed by atoms with van der Waals surface area (Å²) >= 11 is 6.31. The van der Waals surface area contributed by atoms with Crippen molar-refractivity contribution in [3.63, 3.8) is 0 Å². The lowest BCUT2D eigenvalue weighted by Gasteiger charge is -2.33. The smallest absolute Gasteiger partial charge is 0.242 e. The number of rotatable bonds is 12. The highest BCUT2D eigenvalue weighted by Gasteiger charge is 2.26. The minimum Gasteiger partial charge on any atom is -0.303 e. The lowest BCUT2D eigenvalue weighted by molar-refractivity contribution is 0.171. The normalized spacial score (nSPS) is 16.2. The Bertz CT molecular complexity index is 1200. The summed E-state index contributed by atoms with van der Waals surface area (Å²) in [4.78, 5) is 2.88. The number of benzene rings is 3. The van der Waals surface area contributed by atoms with Gasteiger partial charge < -0.3 is 4.90 Å². The van der Waals surface area contributed by atoms with Gasteiger partial charge in [-0.2, -0.15) is 0 Å². The van der Waals surface area contributed by atoms with Crippen LogP contribution in [0.15, 0.2) is 89.8 Å². The molecular weight excluding hydrogens is 500 g/mol. The van der Waals surface area contributed by atoms with Gasteiger partial charge in [0.2, 0.25) is 10.0 Å². The largest absolute Gasteiger partial charge is 0.303 e. The van der Waals surface area contributed by atoms with E-state index in [1.54, 1.807) is 31.3 Å². The maximum absolute atomic E-state index is 13.2. The van der Waals surface area contributed by atoms with Crippen LogP contribution in [0.3, 0.4) is 0 Å². The highest BCUT2D eigenvalue weighted by molar-refractivity contribution is 7.89. The molecular formula is C31H39ClN2O2S. The van der Waals surface area contributed by atoms with Gasteiger partial charge in [-0.25, -0.2) is 12.7 Å². The average Bonchev–Trinajstić information content (AvgIpc) is 2.92. The van der Waals surface area contributed by atoms with E-state index in [9.17, 15) is 8.42 Å². The molecule has 0 amide bonds. The Morgan fingerprint density at radius 3 is 2.30 bits per heavy atom. The Labute approximate surface area is 228 Å². The van der Waals surface area contributed by atoms with E-state index >= 15 is 0 Å². The molecule has 0 spiro atoms. The molecule has 1 heterocycles. The van der Waals surface area contributed by atoms with Crippen LogP contribution in [-0.4, -0.2) is 50.8 Å². The van der Waals surface area contributed by atoms with Gasteiger partial charge in [-0.15, -0.1) is 0 Å². The van der Waals surface area contributed by atoms with E-state index in [1.807, 2.05) is 24.3 Å². The first-order valence-corrected chi connectivity index (χ1v) is 15.3. The zero-order valence-electron chi connectivity index (χ0n) is 21.8. The highest BCUT2D eigenvalue weighted by atomic mass is 35.5. The van der Waals surface area contributed by atoms with Gasteiger partial charge in [0.05, 0.1) is 4.90 Å². The fourth-order valence-corrected chi connectivity index (χ4v) is 6.82. The van der Waals surface area contributed by atoms with Crippen molar-refractivity contribution in [1.29, 1.82) is 0 Å². The van der Waals surface area contributed by atoms with Crippen LogP contribution < -0.4 is 0 Å². The number of likely N-dealkylation sites (N-methyl/N-ethyl adjacent to an activating group) is 1. The zero-order chi connectivity index (χ0) is 26.1. The molecule has 3 aromatic carbocycles. The lowest BCUT2D eigenvalue weighted by Crippen LogP contribution is -2.36.